The zero-order valence-electron chi connectivity index (χ0n) is 12.1. The van der Waals surface area contributed by atoms with Crippen molar-refractivity contribution >= 4 is 11.4 Å². The highest BCUT2D eigenvalue weighted by Gasteiger charge is 2.24. The Morgan fingerprint density at radius 1 is 1.23 bits per heavy atom. The van der Waals surface area contributed by atoms with Gasteiger partial charge in [0.25, 0.3) is 0 Å². The van der Waals surface area contributed by atoms with Crippen LogP contribution in [0.3, 0.4) is 0 Å². The first-order valence-corrected chi connectivity index (χ1v) is 6.86. The maximum atomic E-state index is 13.5. The Balaban J connectivity index is 2.06. The number of hydrogen-bond acceptors (Lipinski definition) is 4. The predicted octanol–water partition coefficient (Wildman–Crippen LogP) is 3.44. The van der Waals surface area contributed by atoms with E-state index in [1.165, 1.54) is 12.1 Å². The van der Waals surface area contributed by atoms with Crippen molar-refractivity contribution in [2.24, 2.45) is 0 Å². The van der Waals surface area contributed by atoms with Gasteiger partial charge in [0.15, 0.2) is 0 Å². The van der Waals surface area contributed by atoms with E-state index >= 15 is 0 Å². The highest BCUT2D eigenvalue weighted by atomic mass is 19.1. The number of nitrogens with zero attached hydrogens (tertiary/aromatic N) is 1. The zero-order chi connectivity index (χ0) is 16.2. The van der Waals surface area contributed by atoms with E-state index in [-0.39, 0.29) is 12.2 Å². The molecule has 5 nitrogen and oxygen atoms in total. The van der Waals surface area contributed by atoms with Crippen LogP contribution in [0.25, 0.3) is 0 Å². The molecular formula is C16H17FN2O3. The average Bonchev–Trinajstić information content (AvgIpc) is 2.47. The lowest BCUT2D eigenvalue weighted by Crippen LogP contribution is -2.24. The van der Waals surface area contributed by atoms with Crippen LogP contribution >= 0.6 is 0 Å². The first kappa shape index (κ1) is 15.9. The van der Waals surface area contributed by atoms with Crippen molar-refractivity contribution in [1.82, 2.24) is 0 Å². The standard InChI is InChI=1S/C16H17FN2O3/c1-16(20,12-6-3-2-4-7-12)10-11-18-14-9-5-8-13(17)15(14)19(21)22/h2-9,18,20H,10-11H2,1H3. The van der Waals surface area contributed by atoms with Gasteiger partial charge in [-0.3, -0.25) is 10.1 Å². The van der Waals surface area contributed by atoms with E-state index < -0.39 is 22.0 Å². The summed E-state index contributed by atoms with van der Waals surface area (Å²) in [7, 11) is 0. The van der Waals surface area contributed by atoms with Gasteiger partial charge in [0, 0.05) is 6.54 Å². The summed E-state index contributed by atoms with van der Waals surface area (Å²) in [5, 5.41) is 24.2. The molecule has 6 heteroatoms. The van der Waals surface area contributed by atoms with Gasteiger partial charge in [-0.25, -0.2) is 0 Å². The summed E-state index contributed by atoms with van der Waals surface area (Å²) in [4.78, 5) is 10.1. The van der Waals surface area contributed by atoms with Crippen LogP contribution in [0.2, 0.25) is 0 Å². The number of nitro benzene ring substituents is 1. The molecular weight excluding hydrogens is 287 g/mol. The maximum Gasteiger partial charge on any atom is 0.327 e. The molecule has 0 radical (unpaired) electrons. The summed E-state index contributed by atoms with van der Waals surface area (Å²) in [6, 6.07) is 13.0. The molecule has 1 unspecified atom stereocenters. The molecule has 22 heavy (non-hydrogen) atoms. The van der Waals surface area contributed by atoms with E-state index in [0.717, 1.165) is 11.6 Å². The van der Waals surface area contributed by atoms with Crippen LogP contribution in [0.4, 0.5) is 15.8 Å². The molecule has 0 fully saturated rings. The summed E-state index contributed by atoms with van der Waals surface area (Å²) in [6.07, 6.45) is 0.324. The van der Waals surface area contributed by atoms with E-state index in [0.29, 0.717) is 6.42 Å². The first-order valence-electron chi connectivity index (χ1n) is 6.86. The van der Waals surface area contributed by atoms with Gasteiger partial charge in [0.05, 0.1) is 10.5 Å². The third-order valence-corrected chi connectivity index (χ3v) is 3.49. The lowest BCUT2D eigenvalue weighted by molar-refractivity contribution is -0.386. The highest BCUT2D eigenvalue weighted by molar-refractivity contribution is 5.61. The van der Waals surface area contributed by atoms with Crippen LogP contribution in [0.5, 0.6) is 0 Å². The normalized spacial score (nSPS) is 13.4. The topological polar surface area (TPSA) is 75.4 Å². The lowest BCUT2D eigenvalue weighted by Gasteiger charge is -2.24. The number of nitrogens with one attached hydrogen (secondary N) is 1. The van der Waals surface area contributed by atoms with Gasteiger partial charge < -0.3 is 10.4 Å². The zero-order valence-corrected chi connectivity index (χ0v) is 12.1. The van der Waals surface area contributed by atoms with Gasteiger partial charge in [-0.05, 0) is 31.0 Å². The largest absolute Gasteiger partial charge is 0.385 e. The number of aliphatic hydroxyl groups is 1. The monoisotopic (exact) mass is 304 g/mol. The van der Waals surface area contributed by atoms with Crippen LogP contribution in [-0.4, -0.2) is 16.6 Å². The van der Waals surface area contributed by atoms with Gasteiger partial charge in [-0.15, -0.1) is 0 Å². The van der Waals surface area contributed by atoms with Crippen LogP contribution in [-0.2, 0) is 5.60 Å². The molecule has 0 bridgehead atoms. The van der Waals surface area contributed by atoms with Crippen molar-refractivity contribution in [3.05, 3.63) is 70.0 Å². The fourth-order valence-corrected chi connectivity index (χ4v) is 2.23. The maximum absolute atomic E-state index is 13.5. The molecule has 1 atom stereocenters. The van der Waals surface area contributed by atoms with Crippen LogP contribution < -0.4 is 5.32 Å². The van der Waals surface area contributed by atoms with E-state index in [1.54, 1.807) is 6.92 Å². The molecule has 2 aromatic carbocycles. The molecule has 0 amide bonds. The van der Waals surface area contributed by atoms with Crippen molar-refractivity contribution in [3.8, 4) is 0 Å². The number of anilines is 1. The summed E-state index contributed by atoms with van der Waals surface area (Å²) >= 11 is 0. The number of rotatable bonds is 6. The van der Waals surface area contributed by atoms with E-state index in [4.69, 9.17) is 0 Å². The van der Waals surface area contributed by atoms with Gasteiger partial charge in [0.1, 0.15) is 5.69 Å². The molecule has 0 saturated carbocycles. The van der Waals surface area contributed by atoms with Crippen molar-refractivity contribution < 1.29 is 14.4 Å². The number of nitro groups is 1. The SMILES string of the molecule is CC(O)(CCNc1cccc(F)c1[N+](=O)[O-])c1ccccc1. The summed E-state index contributed by atoms with van der Waals surface area (Å²) < 4.78 is 13.5. The predicted molar refractivity (Wildman–Crippen MR) is 82.2 cm³/mol. The van der Waals surface area contributed by atoms with Gasteiger partial charge in [-0.2, -0.15) is 4.39 Å². The number of para-hydroxylation sites is 1. The molecule has 2 N–H and O–H groups in total. The minimum absolute atomic E-state index is 0.105. The highest BCUT2D eigenvalue weighted by Crippen LogP contribution is 2.28. The second kappa shape index (κ2) is 6.53. The molecule has 0 spiro atoms. The molecule has 2 aromatic rings. The number of hydrogen-bond donors (Lipinski definition) is 2. The lowest BCUT2D eigenvalue weighted by atomic mass is 9.92. The van der Waals surface area contributed by atoms with Gasteiger partial charge >= 0.3 is 5.69 Å². The van der Waals surface area contributed by atoms with Crippen LogP contribution in [0.15, 0.2) is 48.5 Å². The molecule has 116 valence electrons. The second-order valence-corrected chi connectivity index (χ2v) is 5.21. The summed E-state index contributed by atoms with van der Waals surface area (Å²) in [5.41, 5.74) is -0.794. The van der Waals surface area contributed by atoms with Gasteiger partial charge in [-0.1, -0.05) is 36.4 Å². The molecule has 0 saturated heterocycles. The first-order chi connectivity index (χ1) is 10.4. The Hall–Kier alpha value is -2.47. The van der Waals surface area contributed by atoms with E-state index in [2.05, 4.69) is 5.32 Å². The Morgan fingerprint density at radius 2 is 1.91 bits per heavy atom. The van der Waals surface area contributed by atoms with Crippen molar-refractivity contribution in [3.63, 3.8) is 0 Å². The Kier molecular flexibility index (Phi) is 4.72. The summed E-state index contributed by atoms with van der Waals surface area (Å²) in [6.45, 7) is 1.94. The Bertz CT molecular complexity index is 660. The fourth-order valence-electron chi connectivity index (χ4n) is 2.23. The third-order valence-electron chi connectivity index (χ3n) is 3.49. The summed E-state index contributed by atoms with van der Waals surface area (Å²) in [5.74, 6) is -0.884. The Labute approximate surface area is 127 Å². The molecule has 0 heterocycles. The van der Waals surface area contributed by atoms with Crippen molar-refractivity contribution in [2.45, 2.75) is 18.9 Å². The van der Waals surface area contributed by atoms with Crippen LogP contribution in [0.1, 0.15) is 18.9 Å². The van der Waals surface area contributed by atoms with Crippen molar-refractivity contribution in [2.75, 3.05) is 11.9 Å². The molecule has 0 aliphatic rings. The smallest absolute Gasteiger partial charge is 0.327 e. The van der Waals surface area contributed by atoms with Crippen LogP contribution in [0, 0.1) is 15.9 Å². The minimum atomic E-state index is -1.07. The second-order valence-electron chi connectivity index (χ2n) is 5.21. The molecule has 0 aliphatic carbocycles. The molecule has 0 aromatic heterocycles. The number of halogens is 1. The quantitative estimate of drug-likeness (QED) is 0.633. The molecule has 2 rings (SSSR count). The molecule has 0 aliphatic heterocycles. The third kappa shape index (κ3) is 3.59. The van der Waals surface area contributed by atoms with E-state index in [1.807, 2.05) is 30.3 Å². The fraction of sp³-hybridized carbons (Fsp3) is 0.250. The minimum Gasteiger partial charge on any atom is -0.385 e. The van der Waals surface area contributed by atoms with Gasteiger partial charge in [0.2, 0.25) is 5.82 Å². The Morgan fingerprint density at radius 3 is 2.55 bits per heavy atom. The van der Waals surface area contributed by atoms with E-state index in [9.17, 15) is 19.6 Å². The average molecular weight is 304 g/mol. The van der Waals surface area contributed by atoms with Crippen molar-refractivity contribution in [1.29, 1.82) is 0 Å². The number of benzene rings is 2.